The lowest BCUT2D eigenvalue weighted by Gasteiger charge is -2.41. The third-order valence-electron chi connectivity index (χ3n) is 4.73. The van der Waals surface area contributed by atoms with E-state index in [1.165, 1.54) is 0 Å². The molecule has 0 spiro atoms. The van der Waals surface area contributed by atoms with Crippen LogP contribution >= 0.6 is 0 Å². The summed E-state index contributed by atoms with van der Waals surface area (Å²) in [5.41, 5.74) is 1.85. The number of ether oxygens (including phenoxy) is 3. The summed E-state index contributed by atoms with van der Waals surface area (Å²) in [6.07, 6.45) is -0.192. The molecule has 25 heavy (non-hydrogen) atoms. The van der Waals surface area contributed by atoms with Crippen LogP contribution in [0.15, 0.2) is 42.5 Å². The van der Waals surface area contributed by atoms with Gasteiger partial charge in [0.15, 0.2) is 17.7 Å². The van der Waals surface area contributed by atoms with Crippen LogP contribution in [0, 0.1) is 5.92 Å². The maximum absolute atomic E-state index is 12.7. The van der Waals surface area contributed by atoms with Crippen LogP contribution in [0.5, 0.6) is 17.2 Å². The molecule has 6 heteroatoms. The third-order valence-corrected chi connectivity index (χ3v) is 4.73. The average Bonchev–Trinajstić information content (AvgIpc) is 2.66. The molecule has 0 aliphatic carbocycles. The SMILES string of the molecule is COc1ccccc1C1NC(=O)C2Cc3cccc(OC)c3OC2N1. The summed E-state index contributed by atoms with van der Waals surface area (Å²) in [7, 11) is 3.23. The maximum atomic E-state index is 12.7. The number of fused-ring (bicyclic) bond motifs is 2. The smallest absolute Gasteiger partial charge is 0.230 e. The molecule has 2 aromatic rings. The van der Waals surface area contributed by atoms with E-state index in [2.05, 4.69) is 10.6 Å². The standard InChI is InChI=1S/C19H20N2O4/c1-23-14-8-4-3-7-12(14)17-20-18(22)13-10-11-6-5-9-15(24-2)16(11)25-19(13)21-17/h3-9,13,17,19,21H,10H2,1-2H3,(H,20,22). The number of hydrogen-bond acceptors (Lipinski definition) is 5. The fourth-order valence-corrected chi connectivity index (χ4v) is 3.48. The van der Waals surface area contributed by atoms with Crippen LogP contribution in [0.1, 0.15) is 17.3 Å². The van der Waals surface area contributed by atoms with E-state index in [9.17, 15) is 4.79 Å². The van der Waals surface area contributed by atoms with E-state index in [-0.39, 0.29) is 18.0 Å². The number of rotatable bonds is 3. The van der Waals surface area contributed by atoms with Gasteiger partial charge in [0.25, 0.3) is 0 Å². The molecule has 130 valence electrons. The van der Waals surface area contributed by atoms with Gasteiger partial charge in [0.05, 0.1) is 20.1 Å². The van der Waals surface area contributed by atoms with Gasteiger partial charge in [-0.15, -0.1) is 0 Å². The highest BCUT2D eigenvalue weighted by Gasteiger charge is 2.42. The maximum Gasteiger partial charge on any atom is 0.230 e. The molecule has 6 nitrogen and oxygen atoms in total. The molecule has 3 atom stereocenters. The summed E-state index contributed by atoms with van der Waals surface area (Å²) < 4.78 is 16.9. The largest absolute Gasteiger partial charge is 0.496 e. The van der Waals surface area contributed by atoms with E-state index >= 15 is 0 Å². The molecule has 2 aromatic carbocycles. The van der Waals surface area contributed by atoms with Gasteiger partial charge in [-0.05, 0) is 24.1 Å². The molecule has 2 N–H and O–H groups in total. The molecule has 0 saturated carbocycles. The minimum Gasteiger partial charge on any atom is -0.496 e. The monoisotopic (exact) mass is 340 g/mol. The van der Waals surface area contributed by atoms with Gasteiger partial charge in [-0.3, -0.25) is 10.1 Å². The highest BCUT2D eigenvalue weighted by Crippen LogP contribution is 2.40. The van der Waals surface area contributed by atoms with Gasteiger partial charge < -0.3 is 19.5 Å². The first-order valence-electron chi connectivity index (χ1n) is 8.23. The zero-order valence-corrected chi connectivity index (χ0v) is 14.1. The summed E-state index contributed by atoms with van der Waals surface area (Å²) in [4.78, 5) is 12.7. The van der Waals surface area contributed by atoms with Crippen LogP contribution in [-0.4, -0.2) is 26.4 Å². The topological polar surface area (TPSA) is 68.8 Å². The van der Waals surface area contributed by atoms with E-state index in [0.29, 0.717) is 23.7 Å². The Labute approximate surface area is 146 Å². The fraction of sp³-hybridized carbons (Fsp3) is 0.316. The summed E-state index contributed by atoms with van der Waals surface area (Å²) in [5.74, 6) is 1.77. The van der Waals surface area contributed by atoms with Crippen molar-refractivity contribution in [1.29, 1.82) is 0 Å². The Morgan fingerprint density at radius 2 is 1.80 bits per heavy atom. The van der Waals surface area contributed by atoms with Gasteiger partial charge in [0, 0.05) is 5.56 Å². The molecular weight excluding hydrogens is 320 g/mol. The molecular formula is C19H20N2O4. The van der Waals surface area contributed by atoms with Crippen molar-refractivity contribution in [3.63, 3.8) is 0 Å². The second kappa shape index (κ2) is 6.29. The number of carbonyl (C=O) groups excluding carboxylic acids is 1. The first-order valence-corrected chi connectivity index (χ1v) is 8.23. The molecule has 0 radical (unpaired) electrons. The number of hydrogen-bond donors (Lipinski definition) is 2. The number of benzene rings is 2. The van der Waals surface area contributed by atoms with E-state index in [1.807, 2.05) is 42.5 Å². The van der Waals surface area contributed by atoms with Crippen molar-refractivity contribution in [2.24, 2.45) is 5.92 Å². The molecule has 2 heterocycles. The Kier molecular flexibility index (Phi) is 3.97. The summed E-state index contributed by atoms with van der Waals surface area (Å²) in [5, 5.41) is 6.40. The normalized spacial score (nSPS) is 24.4. The number of nitrogens with one attached hydrogen (secondary N) is 2. The third kappa shape index (κ3) is 2.68. The predicted molar refractivity (Wildman–Crippen MR) is 91.6 cm³/mol. The predicted octanol–water partition coefficient (Wildman–Crippen LogP) is 2.00. The van der Waals surface area contributed by atoms with Crippen molar-refractivity contribution in [1.82, 2.24) is 10.6 Å². The lowest BCUT2D eigenvalue weighted by atomic mass is 9.90. The van der Waals surface area contributed by atoms with Crippen molar-refractivity contribution in [3.8, 4) is 17.2 Å². The van der Waals surface area contributed by atoms with Crippen LogP contribution in [-0.2, 0) is 11.2 Å². The Hall–Kier alpha value is -2.73. The molecule has 3 unspecified atom stereocenters. The Balaban J connectivity index is 1.65. The van der Waals surface area contributed by atoms with Crippen molar-refractivity contribution < 1.29 is 19.0 Å². The molecule has 1 fully saturated rings. The number of para-hydroxylation sites is 2. The molecule has 0 bridgehead atoms. The zero-order chi connectivity index (χ0) is 17.4. The van der Waals surface area contributed by atoms with E-state index in [4.69, 9.17) is 14.2 Å². The molecule has 1 saturated heterocycles. The van der Waals surface area contributed by atoms with Crippen LogP contribution in [0.2, 0.25) is 0 Å². The first-order chi connectivity index (χ1) is 12.2. The number of amides is 1. The zero-order valence-electron chi connectivity index (χ0n) is 14.1. The van der Waals surface area contributed by atoms with Gasteiger partial charge in [-0.2, -0.15) is 0 Å². The molecule has 2 aliphatic heterocycles. The summed E-state index contributed by atoms with van der Waals surface area (Å²) >= 11 is 0. The highest BCUT2D eigenvalue weighted by molar-refractivity contribution is 5.81. The van der Waals surface area contributed by atoms with Gasteiger partial charge in [0.2, 0.25) is 5.91 Å². The summed E-state index contributed by atoms with van der Waals surface area (Å²) in [6, 6.07) is 13.3. The second-order valence-corrected chi connectivity index (χ2v) is 6.15. The minimum atomic E-state index is -0.424. The minimum absolute atomic E-state index is 0.0341. The van der Waals surface area contributed by atoms with Crippen molar-refractivity contribution in [2.45, 2.75) is 18.8 Å². The average molecular weight is 340 g/mol. The highest BCUT2D eigenvalue weighted by atomic mass is 16.5. The number of methoxy groups -OCH3 is 2. The lowest BCUT2D eigenvalue weighted by Crippen LogP contribution is -2.60. The van der Waals surface area contributed by atoms with Crippen LogP contribution in [0.3, 0.4) is 0 Å². The van der Waals surface area contributed by atoms with E-state index in [0.717, 1.165) is 11.1 Å². The van der Waals surface area contributed by atoms with Crippen LogP contribution in [0.4, 0.5) is 0 Å². The molecule has 1 amide bonds. The van der Waals surface area contributed by atoms with Crippen molar-refractivity contribution >= 4 is 5.91 Å². The molecule has 2 aliphatic rings. The van der Waals surface area contributed by atoms with E-state index < -0.39 is 6.23 Å². The molecule has 4 rings (SSSR count). The fourth-order valence-electron chi connectivity index (χ4n) is 3.48. The Morgan fingerprint density at radius 1 is 1.04 bits per heavy atom. The summed E-state index contributed by atoms with van der Waals surface area (Å²) in [6.45, 7) is 0. The second-order valence-electron chi connectivity index (χ2n) is 6.15. The Morgan fingerprint density at radius 3 is 2.60 bits per heavy atom. The number of carbonyl (C=O) groups is 1. The Bertz CT molecular complexity index is 808. The van der Waals surface area contributed by atoms with Gasteiger partial charge in [0.1, 0.15) is 11.9 Å². The lowest BCUT2D eigenvalue weighted by molar-refractivity contribution is -0.135. The van der Waals surface area contributed by atoms with Crippen molar-refractivity contribution in [3.05, 3.63) is 53.6 Å². The van der Waals surface area contributed by atoms with Gasteiger partial charge >= 0.3 is 0 Å². The van der Waals surface area contributed by atoms with Crippen LogP contribution < -0.4 is 24.8 Å². The quantitative estimate of drug-likeness (QED) is 0.894. The van der Waals surface area contributed by atoms with Crippen molar-refractivity contribution in [2.75, 3.05) is 14.2 Å². The van der Waals surface area contributed by atoms with Crippen LogP contribution in [0.25, 0.3) is 0 Å². The van der Waals surface area contributed by atoms with Gasteiger partial charge in [-0.25, -0.2) is 0 Å². The first kappa shape index (κ1) is 15.8. The van der Waals surface area contributed by atoms with Gasteiger partial charge in [-0.1, -0.05) is 30.3 Å². The molecule has 0 aromatic heterocycles. The van der Waals surface area contributed by atoms with E-state index in [1.54, 1.807) is 14.2 Å².